The lowest BCUT2D eigenvalue weighted by Gasteiger charge is -2.33. The van der Waals surface area contributed by atoms with Gasteiger partial charge >= 0.3 is 6.09 Å². The van der Waals surface area contributed by atoms with E-state index in [0.717, 1.165) is 41.7 Å². The number of methoxy groups -OCH3 is 1. The van der Waals surface area contributed by atoms with Gasteiger partial charge in [0.05, 0.1) is 25.4 Å². The maximum absolute atomic E-state index is 13.7. The number of carbonyl (C=O) groups is 1. The molecule has 1 unspecified atom stereocenters. The summed E-state index contributed by atoms with van der Waals surface area (Å²) in [4.78, 5) is 15.0. The molecule has 1 N–H and O–H groups in total. The first-order chi connectivity index (χ1) is 16.0. The molecular formula is C25H25F2N3O3. The van der Waals surface area contributed by atoms with Crippen LogP contribution in [0.5, 0.6) is 0 Å². The second-order valence-corrected chi connectivity index (χ2v) is 8.79. The molecule has 0 saturated heterocycles. The lowest BCUT2D eigenvalue weighted by Crippen LogP contribution is -2.34. The van der Waals surface area contributed by atoms with Gasteiger partial charge in [-0.25, -0.2) is 13.6 Å². The molecule has 2 aliphatic rings. The van der Waals surface area contributed by atoms with E-state index in [4.69, 9.17) is 4.74 Å². The number of amides is 1. The van der Waals surface area contributed by atoms with Crippen LogP contribution < -0.4 is 0 Å². The first-order valence-corrected chi connectivity index (χ1v) is 11.2. The van der Waals surface area contributed by atoms with Gasteiger partial charge in [-0.2, -0.15) is 0 Å². The molecule has 1 aliphatic carbocycles. The number of ether oxygens (including phenoxy) is 1. The lowest BCUT2D eigenvalue weighted by molar-refractivity contribution is 0.0847. The third-order valence-electron chi connectivity index (χ3n) is 6.85. The summed E-state index contributed by atoms with van der Waals surface area (Å²) in [6, 6.07) is 11.0. The first kappa shape index (κ1) is 21.4. The summed E-state index contributed by atoms with van der Waals surface area (Å²) in [5.41, 5.74) is 3.96. The number of rotatable bonds is 3. The predicted octanol–water partition coefficient (Wildman–Crippen LogP) is 5.94. The molecule has 6 nitrogen and oxygen atoms in total. The molecular weight excluding hydrogens is 428 g/mol. The van der Waals surface area contributed by atoms with Crippen molar-refractivity contribution in [1.29, 1.82) is 0 Å². The third kappa shape index (κ3) is 3.83. The van der Waals surface area contributed by atoms with Crippen molar-refractivity contribution in [3.8, 4) is 22.5 Å². The SMILES string of the molecule is COC(=O)N1Cc2cc(-c3cc(-c4ccc(F)c(F)c4)n(O)n3)ccc2C1C1CCCCC1. The summed E-state index contributed by atoms with van der Waals surface area (Å²) in [6.07, 6.45) is 5.42. The molecule has 0 radical (unpaired) electrons. The summed E-state index contributed by atoms with van der Waals surface area (Å²) < 4.78 is 32.0. The average molecular weight is 453 g/mol. The number of aromatic nitrogens is 2. The molecule has 0 bridgehead atoms. The van der Waals surface area contributed by atoms with Crippen LogP contribution in [-0.2, 0) is 11.3 Å². The van der Waals surface area contributed by atoms with Gasteiger partial charge in [-0.3, -0.25) is 4.90 Å². The summed E-state index contributed by atoms with van der Waals surface area (Å²) >= 11 is 0. The molecule has 1 aliphatic heterocycles. The number of nitrogens with zero attached hydrogens (tertiary/aromatic N) is 3. The Kier molecular flexibility index (Phi) is 5.52. The van der Waals surface area contributed by atoms with Crippen molar-refractivity contribution in [1.82, 2.24) is 14.8 Å². The highest BCUT2D eigenvalue weighted by molar-refractivity contribution is 5.72. The molecule has 1 amide bonds. The average Bonchev–Trinajstić information content (AvgIpc) is 3.41. The summed E-state index contributed by atoms with van der Waals surface area (Å²) in [7, 11) is 1.41. The minimum Gasteiger partial charge on any atom is -0.453 e. The third-order valence-corrected chi connectivity index (χ3v) is 6.85. The Morgan fingerprint density at radius 2 is 1.79 bits per heavy atom. The molecule has 1 atom stereocenters. The van der Waals surface area contributed by atoms with Crippen molar-refractivity contribution in [3.63, 3.8) is 0 Å². The van der Waals surface area contributed by atoms with E-state index < -0.39 is 11.6 Å². The standard InChI is InChI=1S/C25H25F2N3O3/c1-33-25(31)29-14-18-11-16(7-9-19(18)24(29)15-5-3-2-4-6-15)22-13-23(30(32)28-22)17-8-10-20(26)21(27)12-17/h7-13,15,24,32H,2-6,14H2,1H3. The minimum absolute atomic E-state index is 0.00468. The smallest absolute Gasteiger partial charge is 0.410 e. The zero-order valence-electron chi connectivity index (χ0n) is 18.3. The van der Waals surface area contributed by atoms with E-state index in [2.05, 4.69) is 5.10 Å². The molecule has 2 aromatic carbocycles. The molecule has 0 spiro atoms. The van der Waals surface area contributed by atoms with Gasteiger partial charge in [0.1, 0.15) is 5.69 Å². The topological polar surface area (TPSA) is 67.6 Å². The minimum atomic E-state index is -0.996. The number of fused-ring (bicyclic) bond motifs is 1. The van der Waals surface area contributed by atoms with E-state index >= 15 is 0 Å². The lowest BCUT2D eigenvalue weighted by atomic mass is 9.81. The van der Waals surface area contributed by atoms with Crippen LogP contribution >= 0.6 is 0 Å². The highest BCUT2D eigenvalue weighted by atomic mass is 19.2. The van der Waals surface area contributed by atoms with Gasteiger partial charge in [0.2, 0.25) is 0 Å². The van der Waals surface area contributed by atoms with Crippen LogP contribution in [0.4, 0.5) is 13.6 Å². The Morgan fingerprint density at radius 3 is 2.52 bits per heavy atom. The Hall–Kier alpha value is -3.42. The van der Waals surface area contributed by atoms with Crippen molar-refractivity contribution < 1.29 is 23.5 Å². The Morgan fingerprint density at radius 1 is 1.03 bits per heavy atom. The van der Waals surface area contributed by atoms with Gasteiger partial charge in [0, 0.05) is 11.1 Å². The van der Waals surface area contributed by atoms with Crippen LogP contribution in [0, 0.1) is 17.6 Å². The molecule has 2 heterocycles. The van der Waals surface area contributed by atoms with Gasteiger partial charge < -0.3 is 9.94 Å². The Bertz CT molecular complexity index is 1200. The van der Waals surface area contributed by atoms with Crippen molar-refractivity contribution in [3.05, 3.63) is 65.2 Å². The van der Waals surface area contributed by atoms with Gasteiger partial charge in [-0.1, -0.05) is 31.4 Å². The Balaban J connectivity index is 1.49. The fourth-order valence-electron chi connectivity index (χ4n) is 5.26. The molecule has 3 aromatic rings. The molecule has 1 fully saturated rings. The van der Waals surface area contributed by atoms with Crippen LogP contribution in [0.25, 0.3) is 22.5 Å². The zero-order chi connectivity index (χ0) is 23.1. The van der Waals surface area contributed by atoms with Crippen molar-refractivity contribution in [2.45, 2.75) is 44.7 Å². The number of benzene rings is 2. The highest BCUT2D eigenvalue weighted by Gasteiger charge is 2.39. The summed E-state index contributed by atoms with van der Waals surface area (Å²) in [6.45, 7) is 0.451. The normalized spacial score (nSPS) is 18.4. The van der Waals surface area contributed by atoms with E-state index in [-0.39, 0.29) is 17.8 Å². The van der Waals surface area contributed by atoms with Gasteiger partial charge in [0.15, 0.2) is 11.6 Å². The van der Waals surface area contributed by atoms with Gasteiger partial charge in [-0.05, 0) is 60.2 Å². The maximum Gasteiger partial charge on any atom is 0.410 e. The number of hydrogen-bond donors (Lipinski definition) is 1. The number of carbonyl (C=O) groups excluding carboxylic acids is 1. The second-order valence-electron chi connectivity index (χ2n) is 8.79. The predicted molar refractivity (Wildman–Crippen MR) is 117 cm³/mol. The zero-order valence-corrected chi connectivity index (χ0v) is 18.3. The second kappa shape index (κ2) is 8.50. The molecule has 33 heavy (non-hydrogen) atoms. The van der Waals surface area contributed by atoms with Gasteiger partial charge in [-0.15, -0.1) is 9.94 Å². The van der Waals surface area contributed by atoms with Crippen molar-refractivity contribution >= 4 is 6.09 Å². The Labute approximate surface area is 190 Å². The monoisotopic (exact) mass is 453 g/mol. The molecule has 172 valence electrons. The fourth-order valence-corrected chi connectivity index (χ4v) is 5.26. The van der Waals surface area contributed by atoms with Crippen molar-refractivity contribution in [2.75, 3.05) is 7.11 Å². The van der Waals surface area contributed by atoms with E-state index in [1.807, 2.05) is 23.1 Å². The molecule has 8 heteroatoms. The van der Waals surface area contributed by atoms with E-state index in [1.54, 1.807) is 6.07 Å². The molecule has 1 saturated carbocycles. The van der Waals surface area contributed by atoms with Crippen LogP contribution in [0.3, 0.4) is 0 Å². The fraction of sp³-hybridized carbons (Fsp3) is 0.360. The summed E-state index contributed by atoms with van der Waals surface area (Å²) in [5, 5.41) is 14.4. The number of hydrogen-bond acceptors (Lipinski definition) is 4. The van der Waals surface area contributed by atoms with Gasteiger partial charge in [0.25, 0.3) is 0 Å². The molecule has 5 rings (SSSR count). The molecule has 1 aromatic heterocycles. The van der Waals surface area contributed by atoms with Crippen LogP contribution in [0.1, 0.15) is 49.3 Å². The van der Waals surface area contributed by atoms with Crippen molar-refractivity contribution in [2.24, 2.45) is 5.92 Å². The highest BCUT2D eigenvalue weighted by Crippen LogP contribution is 2.45. The van der Waals surface area contributed by atoms with E-state index in [9.17, 15) is 18.8 Å². The van der Waals surface area contributed by atoms with Crippen LogP contribution in [0.15, 0.2) is 42.5 Å². The van der Waals surface area contributed by atoms with Crippen LogP contribution in [0.2, 0.25) is 0 Å². The van der Waals surface area contributed by atoms with E-state index in [0.29, 0.717) is 28.6 Å². The summed E-state index contributed by atoms with van der Waals surface area (Å²) in [5.74, 6) is -1.55. The van der Waals surface area contributed by atoms with Crippen LogP contribution in [-0.4, -0.2) is 33.3 Å². The largest absolute Gasteiger partial charge is 0.453 e. The van der Waals surface area contributed by atoms with E-state index in [1.165, 1.54) is 32.4 Å². The number of halogens is 2. The first-order valence-electron chi connectivity index (χ1n) is 11.2. The maximum atomic E-state index is 13.7. The quantitative estimate of drug-likeness (QED) is 0.499.